The van der Waals surface area contributed by atoms with Crippen LogP contribution in [0.4, 0.5) is 11.4 Å². The zero-order valence-corrected chi connectivity index (χ0v) is 18.1. The molecule has 4 rings (SSSR count). The van der Waals surface area contributed by atoms with Gasteiger partial charge in [-0.3, -0.25) is 24.6 Å². The van der Waals surface area contributed by atoms with Gasteiger partial charge in [0, 0.05) is 17.8 Å². The Morgan fingerprint density at radius 1 is 1.03 bits per heavy atom. The van der Waals surface area contributed by atoms with Crippen molar-refractivity contribution in [1.82, 2.24) is 0 Å². The van der Waals surface area contributed by atoms with E-state index in [9.17, 15) is 24.8 Å². The number of rotatable bonds is 7. The van der Waals surface area contributed by atoms with Crippen LogP contribution in [0.2, 0.25) is 0 Å². The molecular weight excluding hydrogens is 436 g/mol. The van der Waals surface area contributed by atoms with Crippen molar-refractivity contribution in [2.75, 3.05) is 12.0 Å². The van der Waals surface area contributed by atoms with Crippen LogP contribution in [0.5, 0.6) is 5.75 Å². The lowest BCUT2D eigenvalue weighted by Crippen LogP contribution is -2.30. The van der Waals surface area contributed by atoms with E-state index in [1.54, 1.807) is 30.3 Å². The van der Waals surface area contributed by atoms with Gasteiger partial charge in [0.1, 0.15) is 5.75 Å². The first-order valence-corrected chi connectivity index (χ1v) is 10.3. The molecule has 3 aromatic carbocycles. The number of aliphatic hydroxyl groups excluding tert-OH is 1. The molecule has 0 unspecified atom stereocenters. The van der Waals surface area contributed by atoms with E-state index in [1.165, 1.54) is 42.4 Å². The quantitative estimate of drug-likeness (QED) is 0.311. The van der Waals surface area contributed by atoms with Crippen molar-refractivity contribution in [2.45, 2.75) is 6.04 Å². The van der Waals surface area contributed by atoms with E-state index in [2.05, 4.69) is 0 Å². The lowest BCUT2D eigenvalue weighted by Gasteiger charge is -2.26. The molecule has 170 valence electrons. The third-order valence-electron chi connectivity index (χ3n) is 5.47. The second kappa shape index (κ2) is 9.41. The van der Waals surface area contributed by atoms with E-state index in [-0.39, 0.29) is 11.3 Å². The van der Waals surface area contributed by atoms with E-state index in [0.717, 1.165) is 5.56 Å². The number of anilines is 1. The highest BCUT2D eigenvalue weighted by atomic mass is 16.6. The minimum atomic E-state index is -0.977. The summed E-state index contributed by atoms with van der Waals surface area (Å²) in [5.41, 5.74) is 1.40. The van der Waals surface area contributed by atoms with Crippen LogP contribution < -0.4 is 9.64 Å². The van der Waals surface area contributed by atoms with Gasteiger partial charge in [-0.05, 0) is 53.6 Å². The molecule has 1 heterocycles. The summed E-state index contributed by atoms with van der Waals surface area (Å²) in [5.74, 6) is -1.39. The minimum Gasteiger partial charge on any atom is -0.503 e. The topological polar surface area (TPSA) is 110 Å². The Balaban J connectivity index is 1.78. The van der Waals surface area contributed by atoms with Crippen molar-refractivity contribution in [3.05, 3.63) is 118 Å². The number of nitro benzene ring substituents is 1. The van der Waals surface area contributed by atoms with Crippen LogP contribution in [0.25, 0.3) is 6.08 Å². The van der Waals surface area contributed by atoms with Crippen LogP contribution in [0.15, 0.2) is 96.3 Å². The largest absolute Gasteiger partial charge is 0.503 e. The van der Waals surface area contributed by atoms with Gasteiger partial charge in [-0.1, -0.05) is 36.4 Å². The summed E-state index contributed by atoms with van der Waals surface area (Å²) in [6.07, 6.45) is 2.89. The number of hydrogen-bond acceptors (Lipinski definition) is 6. The molecule has 1 aliphatic heterocycles. The highest BCUT2D eigenvalue weighted by Crippen LogP contribution is 2.41. The predicted molar refractivity (Wildman–Crippen MR) is 126 cm³/mol. The molecule has 0 spiro atoms. The second-order valence-electron chi connectivity index (χ2n) is 7.49. The van der Waals surface area contributed by atoms with Crippen LogP contribution in [0.3, 0.4) is 0 Å². The predicted octanol–water partition coefficient (Wildman–Crippen LogP) is 4.79. The minimum absolute atomic E-state index is 0.109. The summed E-state index contributed by atoms with van der Waals surface area (Å²) >= 11 is 0. The second-order valence-corrected chi connectivity index (χ2v) is 7.49. The lowest BCUT2D eigenvalue weighted by atomic mass is 9.95. The summed E-state index contributed by atoms with van der Waals surface area (Å²) in [4.78, 5) is 38.2. The van der Waals surface area contributed by atoms with E-state index >= 15 is 0 Å². The van der Waals surface area contributed by atoms with Crippen LogP contribution in [-0.2, 0) is 9.59 Å². The lowest BCUT2D eigenvalue weighted by molar-refractivity contribution is -0.384. The molecule has 0 fully saturated rings. The van der Waals surface area contributed by atoms with Crippen molar-refractivity contribution >= 4 is 29.1 Å². The number of nitrogens with zero attached hydrogens (tertiary/aromatic N) is 2. The number of nitro groups is 1. The Morgan fingerprint density at radius 3 is 2.26 bits per heavy atom. The first-order valence-electron chi connectivity index (χ1n) is 10.3. The highest BCUT2D eigenvalue weighted by molar-refractivity contribution is 6.19. The fraction of sp³-hybridized carbons (Fsp3) is 0.0769. The Hall–Kier alpha value is -4.72. The molecular formula is C26H20N2O6. The van der Waals surface area contributed by atoms with Gasteiger partial charge in [0.25, 0.3) is 11.6 Å². The molecule has 0 aliphatic carbocycles. The van der Waals surface area contributed by atoms with E-state index in [0.29, 0.717) is 17.0 Å². The van der Waals surface area contributed by atoms with Gasteiger partial charge in [0.2, 0.25) is 0 Å². The zero-order chi connectivity index (χ0) is 24.2. The molecule has 8 nitrogen and oxygen atoms in total. The molecule has 3 aromatic rings. The number of hydrogen-bond donors (Lipinski definition) is 1. The number of amides is 1. The molecule has 8 heteroatoms. The number of benzene rings is 3. The van der Waals surface area contributed by atoms with Crippen LogP contribution in [0, 0.1) is 10.1 Å². The van der Waals surface area contributed by atoms with Gasteiger partial charge >= 0.3 is 0 Å². The van der Waals surface area contributed by atoms with Crippen molar-refractivity contribution in [1.29, 1.82) is 0 Å². The third kappa shape index (κ3) is 4.29. The smallest absolute Gasteiger partial charge is 0.294 e. The maximum absolute atomic E-state index is 13.2. The van der Waals surface area contributed by atoms with Crippen molar-refractivity contribution in [2.24, 2.45) is 0 Å². The molecule has 0 saturated heterocycles. The maximum Gasteiger partial charge on any atom is 0.294 e. The van der Waals surface area contributed by atoms with Gasteiger partial charge in [-0.15, -0.1) is 0 Å². The molecule has 1 amide bonds. The maximum atomic E-state index is 13.2. The van der Waals surface area contributed by atoms with Gasteiger partial charge in [0.05, 0.1) is 23.6 Å². The number of allylic oxidation sites excluding steroid dienone is 1. The highest BCUT2D eigenvalue weighted by Gasteiger charge is 2.43. The van der Waals surface area contributed by atoms with Crippen molar-refractivity contribution < 1.29 is 24.4 Å². The third-order valence-corrected chi connectivity index (χ3v) is 5.47. The molecule has 0 radical (unpaired) electrons. The van der Waals surface area contributed by atoms with Crippen LogP contribution in [0.1, 0.15) is 17.2 Å². The Labute approximate surface area is 195 Å². The first kappa shape index (κ1) is 22.5. The average molecular weight is 456 g/mol. The number of methoxy groups -OCH3 is 1. The summed E-state index contributed by atoms with van der Waals surface area (Å²) in [7, 11) is 1.51. The number of ketones is 1. The molecule has 0 aromatic heterocycles. The number of ether oxygens (including phenoxy) is 1. The number of aliphatic hydroxyl groups is 1. The fourth-order valence-electron chi connectivity index (χ4n) is 3.79. The summed E-state index contributed by atoms with van der Waals surface area (Å²) in [5, 5.41) is 21.8. The summed E-state index contributed by atoms with van der Waals surface area (Å²) in [6.45, 7) is 0. The molecule has 1 N–H and O–H groups in total. The Bertz CT molecular complexity index is 1300. The Morgan fingerprint density at radius 2 is 1.68 bits per heavy atom. The molecule has 34 heavy (non-hydrogen) atoms. The Kier molecular flexibility index (Phi) is 6.22. The van der Waals surface area contributed by atoms with Crippen LogP contribution in [-0.4, -0.2) is 28.8 Å². The van der Waals surface area contributed by atoms with E-state index in [1.807, 2.05) is 30.3 Å². The van der Waals surface area contributed by atoms with E-state index in [4.69, 9.17) is 4.74 Å². The monoisotopic (exact) mass is 456 g/mol. The zero-order valence-electron chi connectivity index (χ0n) is 18.1. The van der Waals surface area contributed by atoms with Crippen molar-refractivity contribution in [3.63, 3.8) is 0 Å². The number of carbonyl (C=O) groups excluding carboxylic acids is 2. The fourth-order valence-corrected chi connectivity index (χ4v) is 3.79. The van der Waals surface area contributed by atoms with E-state index < -0.39 is 28.4 Å². The normalized spacial score (nSPS) is 15.7. The average Bonchev–Trinajstić information content (AvgIpc) is 3.13. The molecule has 1 aliphatic rings. The van der Waals surface area contributed by atoms with Crippen LogP contribution >= 0.6 is 0 Å². The number of non-ortho nitro benzene ring substituents is 1. The first-order chi connectivity index (χ1) is 16.4. The standard InChI is InChI=1S/C26H20N2O6/c1-34-21-14-12-19(13-15-21)27-24(18-8-10-20(11-9-18)28(32)33)23(25(30)26(27)31)22(29)16-7-17-5-3-2-4-6-17/h2-16,24,30H,1H3/b16-7+/t24-/m1/s1. The van der Waals surface area contributed by atoms with Crippen molar-refractivity contribution in [3.8, 4) is 5.75 Å². The SMILES string of the molecule is COc1ccc(N2C(=O)C(O)=C(C(=O)/C=C/c3ccccc3)[C@H]2c2ccc([N+](=O)[O-])cc2)cc1. The molecule has 0 bridgehead atoms. The van der Waals surface area contributed by atoms with Gasteiger partial charge in [0.15, 0.2) is 11.5 Å². The molecule has 0 saturated carbocycles. The summed E-state index contributed by atoms with van der Waals surface area (Å²) < 4.78 is 5.17. The summed E-state index contributed by atoms with van der Waals surface area (Å²) in [6, 6.07) is 20.3. The van der Waals surface area contributed by atoms with Gasteiger partial charge in [-0.2, -0.15) is 0 Å². The molecule has 1 atom stereocenters. The van der Waals surface area contributed by atoms with Gasteiger partial charge < -0.3 is 9.84 Å². The van der Waals surface area contributed by atoms with Gasteiger partial charge in [-0.25, -0.2) is 0 Å². The number of carbonyl (C=O) groups is 2.